The standard InChI is InChI=1S/C13H24N4O/c1-17(2)13-12(7-5-9-15-13)16-11(10-18-3)6-4-8-14/h5,7,9,11,16H,4,6,8,10,14H2,1-3H3. The molecule has 1 atom stereocenters. The van der Waals surface area contributed by atoms with E-state index in [1.165, 1.54) is 0 Å². The van der Waals surface area contributed by atoms with Crippen molar-refractivity contribution in [3.8, 4) is 0 Å². The van der Waals surface area contributed by atoms with Crippen LogP contribution in [0.5, 0.6) is 0 Å². The fourth-order valence-electron chi connectivity index (χ4n) is 1.85. The summed E-state index contributed by atoms with van der Waals surface area (Å²) in [7, 11) is 5.69. The summed E-state index contributed by atoms with van der Waals surface area (Å²) in [5.74, 6) is 0.936. The molecule has 0 saturated heterocycles. The predicted molar refractivity (Wildman–Crippen MR) is 76.1 cm³/mol. The van der Waals surface area contributed by atoms with Crippen molar-refractivity contribution in [2.75, 3.05) is 44.6 Å². The molecule has 1 heterocycles. The first-order chi connectivity index (χ1) is 8.69. The molecule has 0 aliphatic carbocycles. The van der Waals surface area contributed by atoms with Crippen LogP contribution in [0.3, 0.4) is 0 Å². The van der Waals surface area contributed by atoms with Crippen LogP contribution in [-0.2, 0) is 4.74 Å². The highest BCUT2D eigenvalue weighted by atomic mass is 16.5. The van der Waals surface area contributed by atoms with Gasteiger partial charge in [-0.15, -0.1) is 0 Å². The number of nitrogens with two attached hydrogens (primary N) is 1. The third-order valence-electron chi connectivity index (χ3n) is 2.69. The second-order valence-corrected chi connectivity index (χ2v) is 4.50. The van der Waals surface area contributed by atoms with Crippen LogP contribution in [0.1, 0.15) is 12.8 Å². The smallest absolute Gasteiger partial charge is 0.151 e. The van der Waals surface area contributed by atoms with Gasteiger partial charge in [-0.1, -0.05) is 0 Å². The number of nitrogens with one attached hydrogen (secondary N) is 1. The molecule has 0 bridgehead atoms. The minimum atomic E-state index is 0.265. The summed E-state index contributed by atoms with van der Waals surface area (Å²) in [6, 6.07) is 4.23. The first kappa shape index (κ1) is 14.7. The molecule has 1 unspecified atom stereocenters. The van der Waals surface area contributed by atoms with Crippen LogP contribution in [0.25, 0.3) is 0 Å². The molecule has 3 N–H and O–H groups in total. The molecule has 1 aromatic heterocycles. The summed E-state index contributed by atoms with van der Waals surface area (Å²) >= 11 is 0. The lowest BCUT2D eigenvalue weighted by molar-refractivity contribution is 0.182. The van der Waals surface area contributed by atoms with Crippen LogP contribution in [-0.4, -0.2) is 45.4 Å². The maximum Gasteiger partial charge on any atom is 0.151 e. The van der Waals surface area contributed by atoms with Crippen molar-refractivity contribution >= 4 is 11.5 Å². The van der Waals surface area contributed by atoms with E-state index >= 15 is 0 Å². The molecule has 0 amide bonds. The van der Waals surface area contributed by atoms with Crippen LogP contribution < -0.4 is 16.0 Å². The SMILES string of the molecule is COCC(CCCN)Nc1cccnc1N(C)C. The Labute approximate surface area is 109 Å². The van der Waals surface area contributed by atoms with Crippen LogP contribution >= 0.6 is 0 Å². The Morgan fingerprint density at radius 1 is 1.50 bits per heavy atom. The second kappa shape index (κ2) is 7.89. The van der Waals surface area contributed by atoms with Gasteiger partial charge >= 0.3 is 0 Å². The summed E-state index contributed by atoms with van der Waals surface area (Å²) in [6.07, 6.45) is 3.77. The molecule has 5 heteroatoms. The van der Waals surface area contributed by atoms with E-state index in [9.17, 15) is 0 Å². The van der Waals surface area contributed by atoms with E-state index in [1.54, 1.807) is 13.3 Å². The van der Waals surface area contributed by atoms with Gasteiger partial charge in [-0.2, -0.15) is 0 Å². The summed E-state index contributed by atoms with van der Waals surface area (Å²) in [4.78, 5) is 6.36. The number of rotatable bonds is 8. The van der Waals surface area contributed by atoms with Gasteiger partial charge in [0.2, 0.25) is 0 Å². The highest BCUT2D eigenvalue weighted by Crippen LogP contribution is 2.22. The molecule has 1 rings (SSSR count). The highest BCUT2D eigenvalue weighted by molar-refractivity contribution is 5.65. The number of ether oxygens (including phenoxy) is 1. The average molecular weight is 252 g/mol. The molecule has 102 valence electrons. The molecular formula is C13H24N4O. The summed E-state index contributed by atoms with van der Waals surface area (Å²) < 4.78 is 5.24. The van der Waals surface area contributed by atoms with E-state index in [-0.39, 0.29) is 6.04 Å². The van der Waals surface area contributed by atoms with Crippen molar-refractivity contribution < 1.29 is 4.74 Å². The van der Waals surface area contributed by atoms with Crippen molar-refractivity contribution in [1.82, 2.24) is 4.98 Å². The zero-order chi connectivity index (χ0) is 13.4. The zero-order valence-corrected chi connectivity index (χ0v) is 11.5. The van der Waals surface area contributed by atoms with Crippen LogP contribution in [0.15, 0.2) is 18.3 Å². The fraction of sp³-hybridized carbons (Fsp3) is 0.615. The van der Waals surface area contributed by atoms with E-state index in [0.29, 0.717) is 13.2 Å². The topological polar surface area (TPSA) is 63.4 Å². The first-order valence-electron chi connectivity index (χ1n) is 6.27. The molecule has 18 heavy (non-hydrogen) atoms. The zero-order valence-electron chi connectivity index (χ0n) is 11.5. The number of hydrogen-bond acceptors (Lipinski definition) is 5. The minimum Gasteiger partial charge on any atom is -0.383 e. The summed E-state index contributed by atoms with van der Waals surface area (Å²) in [5, 5.41) is 3.48. The molecule has 0 radical (unpaired) electrons. The molecule has 0 aliphatic rings. The maximum atomic E-state index is 5.56. The Morgan fingerprint density at radius 2 is 2.28 bits per heavy atom. The van der Waals surface area contributed by atoms with Gasteiger partial charge < -0.3 is 20.7 Å². The molecule has 0 spiro atoms. The van der Waals surface area contributed by atoms with Crippen LogP contribution in [0, 0.1) is 0 Å². The van der Waals surface area contributed by atoms with Gasteiger partial charge in [0.15, 0.2) is 5.82 Å². The van der Waals surface area contributed by atoms with Crippen molar-refractivity contribution in [3.63, 3.8) is 0 Å². The number of nitrogens with zero attached hydrogens (tertiary/aromatic N) is 2. The number of methoxy groups -OCH3 is 1. The Morgan fingerprint density at radius 3 is 2.89 bits per heavy atom. The number of aromatic nitrogens is 1. The Hall–Kier alpha value is -1.33. The summed E-state index contributed by atoms with van der Waals surface area (Å²) in [5.41, 5.74) is 6.58. The second-order valence-electron chi connectivity index (χ2n) is 4.50. The normalized spacial score (nSPS) is 12.2. The minimum absolute atomic E-state index is 0.265. The Balaban J connectivity index is 2.73. The molecule has 0 saturated carbocycles. The van der Waals surface area contributed by atoms with E-state index in [1.807, 2.05) is 31.1 Å². The van der Waals surface area contributed by atoms with Crippen LogP contribution in [0.4, 0.5) is 11.5 Å². The van der Waals surface area contributed by atoms with E-state index in [4.69, 9.17) is 10.5 Å². The lowest BCUT2D eigenvalue weighted by Gasteiger charge is -2.22. The first-order valence-corrected chi connectivity index (χ1v) is 6.27. The quantitative estimate of drug-likeness (QED) is 0.730. The summed E-state index contributed by atoms with van der Waals surface area (Å²) in [6.45, 7) is 1.37. The van der Waals surface area contributed by atoms with Gasteiger partial charge in [-0.3, -0.25) is 0 Å². The predicted octanol–water partition coefficient (Wildman–Crippen LogP) is 1.31. The van der Waals surface area contributed by atoms with Crippen molar-refractivity contribution in [2.45, 2.75) is 18.9 Å². The number of hydrogen-bond donors (Lipinski definition) is 2. The fourth-order valence-corrected chi connectivity index (χ4v) is 1.85. The monoisotopic (exact) mass is 252 g/mol. The molecule has 0 fully saturated rings. The molecular weight excluding hydrogens is 228 g/mol. The van der Waals surface area contributed by atoms with Crippen LogP contribution in [0.2, 0.25) is 0 Å². The van der Waals surface area contributed by atoms with Crippen molar-refractivity contribution in [3.05, 3.63) is 18.3 Å². The van der Waals surface area contributed by atoms with E-state index in [0.717, 1.165) is 24.3 Å². The number of anilines is 2. The van der Waals surface area contributed by atoms with Gasteiger partial charge in [-0.05, 0) is 31.5 Å². The van der Waals surface area contributed by atoms with Gasteiger partial charge in [0.25, 0.3) is 0 Å². The lowest BCUT2D eigenvalue weighted by Crippen LogP contribution is -2.27. The van der Waals surface area contributed by atoms with Crippen molar-refractivity contribution in [1.29, 1.82) is 0 Å². The van der Waals surface area contributed by atoms with Gasteiger partial charge in [0.05, 0.1) is 12.3 Å². The van der Waals surface area contributed by atoms with E-state index < -0.39 is 0 Å². The average Bonchev–Trinajstić information content (AvgIpc) is 2.36. The Kier molecular flexibility index (Phi) is 6.46. The molecule has 5 nitrogen and oxygen atoms in total. The van der Waals surface area contributed by atoms with E-state index in [2.05, 4.69) is 10.3 Å². The largest absolute Gasteiger partial charge is 0.383 e. The van der Waals surface area contributed by atoms with Gasteiger partial charge in [0, 0.05) is 33.4 Å². The third-order valence-corrected chi connectivity index (χ3v) is 2.69. The highest BCUT2D eigenvalue weighted by Gasteiger charge is 2.11. The molecule has 0 aliphatic heterocycles. The molecule has 0 aromatic carbocycles. The van der Waals surface area contributed by atoms with Gasteiger partial charge in [0.1, 0.15) is 0 Å². The number of pyridine rings is 1. The van der Waals surface area contributed by atoms with Gasteiger partial charge in [-0.25, -0.2) is 4.98 Å². The van der Waals surface area contributed by atoms with Crippen molar-refractivity contribution in [2.24, 2.45) is 5.73 Å². The third kappa shape index (κ3) is 4.50. The molecule has 1 aromatic rings. The Bertz CT molecular complexity index is 344. The lowest BCUT2D eigenvalue weighted by atomic mass is 10.1. The maximum absolute atomic E-state index is 5.56.